The van der Waals surface area contributed by atoms with Crippen molar-refractivity contribution in [3.8, 4) is 0 Å². The van der Waals surface area contributed by atoms with Crippen molar-refractivity contribution in [1.29, 1.82) is 0 Å². The Bertz CT molecular complexity index is 881. The Hall–Kier alpha value is -2.80. The zero-order chi connectivity index (χ0) is 16.6. The van der Waals surface area contributed by atoms with Gasteiger partial charge in [0, 0.05) is 19.0 Å². The third-order valence-electron chi connectivity index (χ3n) is 3.56. The molecule has 2 aromatic rings. The summed E-state index contributed by atoms with van der Waals surface area (Å²) < 4.78 is 1.64. The maximum atomic E-state index is 12.5. The van der Waals surface area contributed by atoms with Crippen molar-refractivity contribution in [3.63, 3.8) is 0 Å². The van der Waals surface area contributed by atoms with Gasteiger partial charge in [0.15, 0.2) is 5.11 Å². The van der Waals surface area contributed by atoms with Gasteiger partial charge in [0.05, 0.1) is 11.2 Å². The molecule has 1 aliphatic heterocycles. The molecule has 1 N–H and O–H groups in total. The van der Waals surface area contributed by atoms with E-state index in [0.29, 0.717) is 5.69 Å². The maximum Gasteiger partial charge on any atom is 0.266 e. The van der Waals surface area contributed by atoms with E-state index >= 15 is 0 Å². The molecule has 0 unspecified atom stereocenters. The number of nitrogens with zero attached hydrogens (tertiary/aromatic N) is 3. The Balaban J connectivity index is 2.11. The lowest BCUT2D eigenvalue weighted by atomic mass is 10.1. The highest BCUT2D eigenvalue weighted by Crippen LogP contribution is 2.21. The molecule has 0 spiro atoms. The van der Waals surface area contributed by atoms with Gasteiger partial charge in [-0.25, -0.2) is 0 Å². The molecule has 2 heterocycles. The van der Waals surface area contributed by atoms with E-state index in [9.17, 15) is 9.59 Å². The molecule has 1 aromatic heterocycles. The number of hydrogen-bond acceptors (Lipinski definition) is 4. The van der Waals surface area contributed by atoms with Crippen LogP contribution < -0.4 is 5.32 Å². The van der Waals surface area contributed by atoms with Crippen LogP contribution in [-0.2, 0) is 16.6 Å². The molecule has 3 rings (SSSR count). The first-order valence-corrected chi connectivity index (χ1v) is 7.35. The highest BCUT2D eigenvalue weighted by molar-refractivity contribution is 7.80. The third kappa shape index (κ3) is 2.55. The summed E-state index contributed by atoms with van der Waals surface area (Å²) in [6, 6.07) is 7.54. The Morgan fingerprint density at radius 1 is 1.35 bits per heavy atom. The Morgan fingerprint density at radius 3 is 2.83 bits per heavy atom. The van der Waals surface area contributed by atoms with Crippen LogP contribution >= 0.6 is 12.2 Å². The van der Waals surface area contributed by atoms with Crippen molar-refractivity contribution in [2.24, 2.45) is 7.05 Å². The minimum Gasteiger partial charge on any atom is -0.298 e. The molecule has 0 saturated carbocycles. The second kappa shape index (κ2) is 5.77. The zero-order valence-electron chi connectivity index (χ0n) is 12.4. The minimum absolute atomic E-state index is 0.0224. The Kier molecular flexibility index (Phi) is 3.79. The average molecular weight is 326 g/mol. The number of amides is 2. The van der Waals surface area contributed by atoms with Gasteiger partial charge in [0.1, 0.15) is 5.57 Å². The van der Waals surface area contributed by atoms with Crippen LogP contribution in [0.15, 0.2) is 42.5 Å². The number of fused-ring (bicyclic) bond motifs is 1. The highest BCUT2D eigenvalue weighted by atomic mass is 32.1. The summed E-state index contributed by atoms with van der Waals surface area (Å²) >= 11 is 5.03. The van der Waals surface area contributed by atoms with Gasteiger partial charge in [-0.1, -0.05) is 24.3 Å². The van der Waals surface area contributed by atoms with E-state index in [4.69, 9.17) is 12.2 Å². The van der Waals surface area contributed by atoms with Crippen molar-refractivity contribution in [2.45, 2.75) is 0 Å². The van der Waals surface area contributed by atoms with E-state index in [-0.39, 0.29) is 17.2 Å². The van der Waals surface area contributed by atoms with Crippen LogP contribution in [0.5, 0.6) is 0 Å². The number of benzene rings is 1. The second-order valence-electron chi connectivity index (χ2n) is 5.05. The standard InChI is InChI=1S/C16H14N4O2S/c1-3-8-20-15(22)11(14(21)17-16(20)23)9-13-10-6-4-5-7-12(10)18-19(13)2/h3-7,9H,1,8H2,2H3,(H,17,21,23). The summed E-state index contributed by atoms with van der Waals surface area (Å²) in [4.78, 5) is 26.0. The predicted molar refractivity (Wildman–Crippen MR) is 91.3 cm³/mol. The van der Waals surface area contributed by atoms with Crippen molar-refractivity contribution < 1.29 is 9.59 Å². The van der Waals surface area contributed by atoms with E-state index in [1.165, 1.54) is 4.90 Å². The molecular formula is C16H14N4O2S. The van der Waals surface area contributed by atoms with Gasteiger partial charge in [-0.2, -0.15) is 5.10 Å². The molecule has 0 bridgehead atoms. The SMILES string of the molecule is C=CCN1C(=O)C(=Cc2c3ccccc3nn2C)C(=O)NC1=S. The van der Waals surface area contributed by atoms with Crippen LogP contribution in [0.3, 0.4) is 0 Å². The van der Waals surface area contributed by atoms with E-state index in [2.05, 4.69) is 17.0 Å². The van der Waals surface area contributed by atoms with Crippen molar-refractivity contribution in [2.75, 3.05) is 6.54 Å². The first-order chi connectivity index (χ1) is 11.0. The fourth-order valence-electron chi connectivity index (χ4n) is 2.46. The van der Waals surface area contributed by atoms with Crippen LogP contribution in [-0.4, -0.2) is 38.2 Å². The van der Waals surface area contributed by atoms with Gasteiger partial charge in [-0.05, 0) is 24.4 Å². The van der Waals surface area contributed by atoms with Crippen molar-refractivity contribution >= 4 is 46.1 Å². The molecule has 1 saturated heterocycles. The van der Waals surface area contributed by atoms with Crippen LogP contribution in [0.25, 0.3) is 17.0 Å². The fraction of sp³-hybridized carbons (Fsp3) is 0.125. The quantitative estimate of drug-likeness (QED) is 0.401. The fourth-order valence-corrected chi connectivity index (χ4v) is 2.71. The van der Waals surface area contributed by atoms with Crippen LogP contribution in [0, 0.1) is 0 Å². The third-order valence-corrected chi connectivity index (χ3v) is 3.89. The molecule has 23 heavy (non-hydrogen) atoms. The Morgan fingerprint density at radius 2 is 2.09 bits per heavy atom. The van der Waals surface area contributed by atoms with Crippen LogP contribution in [0.2, 0.25) is 0 Å². The smallest absolute Gasteiger partial charge is 0.266 e. The first-order valence-electron chi connectivity index (χ1n) is 6.94. The lowest BCUT2D eigenvalue weighted by Gasteiger charge is -2.27. The molecule has 1 aromatic carbocycles. The molecule has 1 fully saturated rings. The summed E-state index contributed by atoms with van der Waals surface area (Å²) in [5, 5.41) is 7.86. The molecule has 0 radical (unpaired) electrons. The van der Waals surface area contributed by atoms with Gasteiger partial charge >= 0.3 is 0 Å². The molecule has 116 valence electrons. The summed E-state index contributed by atoms with van der Waals surface area (Å²) in [6.45, 7) is 3.84. The van der Waals surface area contributed by atoms with Gasteiger partial charge in [-0.3, -0.25) is 24.5 Å². The van der Waals surface area contributed by atoms with Gasteiger partial charge in [0.2, 0.25) is 0 Å². The van der Waals surface area contributed by atoms with Crippen molar-refractivity contribution in [1.82, 2.24) is 20.0 Å². The van der Waals surface area contributed by atoms with Gasteiger partial charge in [0.25, 0.3) is 11.8 Å². The van der Waals surface area contributed by atoms with E-state index in [1.807, 2.05) is 24.3 Å². The predicted octanol–water partition coefficient (Wildman–Crippen LogP) is 1.39. The number of aromatic nitrogens is 2. The maximum absolute atomic E-state index is 12.5. The monoisotopic (exact) mass is 326 g/mol. The lowest BCUT2D eigenvalue weighted by Crippen LogP contribution is -2.53. The van der Waals surface area contributed by atoms with Gasteiger partial charge < -0.3 is 0 Å². The van der Waals surface area contributed by atoms with E-state index < -0.39 is 11.8 Å². The number of hydrogen-bond donors (Lipinski definition) is 1. The second-order valence-corrected chi connectivity index (χ2v) is 5.43. The zero-order valence-corrected chi connectivity index (χ0v) is 13.3. The lowest BCUT2D eigenvalue weighted by molar-refractivity contribution is -0.128. The summed E-state index contributed by atoms with van der Waals surface area (Å²) in [5.41, 5.74) is 1.50. The number of carbonyl (C=O) groups excluding carboxylic acids is 2. The van der Waals surface area contributed by atoms with Crippen LogP contribution in [0.1, 0.15) is 5.69 Å². The van der Waals surface area contributed by atoms with Crippen molar-refractivity contribution in [3.05, 3.63) is 48.2 Å². The number of nitrogens with one attached hydrogen (secondary N) is 1. The molecule has 0 aliphatic carbocycles. The largest absolute Gasteiger partial charge is 0.298 e. The topological polar surface area (TPSA) is 67.2 Å². The number of thiocarbonyl (C=S) groups is 1. The molecule has 1 aliphatic rings. The molecule has 2 amide bonds. The number of rotatable bonds is 3. The van der Waals surface area contributed by atoms with E-state index in [0.717, 1.165) is 10.9 Å². The highest BCUT2D eigenvalue weighted by Gasteiger charge is 2.33. The number of aryl methyl sites for hydroxylation is 1. The molecule has 0 atom stereocenters. The summed E-state index contributed by atoms with van der Waals surface area (Å²) in [6.07, 6.45) is 3.10. The summed E-state index contributed by atoms with van der Waals surface area (Å²) in [5.74, 6) is -0.950. The first kappa shape index (κ1) is 15.1. The van der Waals surface area contributed by atoms with Crippen LogP contribution in [0.4, 0.5) is 0 Å². The van der Waals surface area contributed by atoms with Gasteiger partial charge in [-0.15, -0.1) is 6.58 Å². The molecule has 6 nitrogen and oxygen atoms in total. The number of carbonyl (C=O) groups is 2. The minimum atomic E-state index is -0.509. The normalized spacial score (nSPS) is 17.0. The molecular weight excluding hydrogens is 312 g/mol. The summed E-state index contributed by atoms with van der Waals surface area (Å²) in [7, 11) is 1.77. The Labute approximate surface area is 138 Å². The van der Waals surface area contributed by atoms with E-state index in [1.54, 1.807) is 23.9 Å². The average Bonchev–Trinajstić information content (AvgIpc) is 2.83. The molecule has 7 heteroatoms.